The summed E-state index contributed by atoms with van der Waals surface area (Å²) in [4.78, 5) is 8.09. The molecule has 0 aliphatic rings. The number of nitrogens with one attached hydrogen (secondary N) is 2. The molecule has 2 rings (SSSR count). The number of anilines is 1. The van der Waals surface area contributed by atoms with Crippen molar-refractivity contribution in [1.29, 1.82) is 0 Å². The first-order chi connectivity index (χ1) is 9.81. The van der Waals surface area contributed by atoms with Crippen molar-refractivity contribution in [2.45, 2.75) is 40.0 Å². The van der Waals surface area contributed by atoms with Crippen molar-refractivity contribution in [3.63, 3.8) is 0 Å². The number of H-pyrrole nitrogens is 1. The van der Waals surface area contributed by atoms with Crippen LogP contribution in [-0.2, 0) is 5.41 Å². The Labute approximate surface area is 127 Å². The lowest BCUT2D eigenvalue weighted by Gasteiger charge is -2.19. The van der Waals surface area contributed by atoms with Gasteiger partial charge in [0, 0.05) is 17.6 Å². The van der Waals surface area contributed by atoms with Crippen LogP contribution in [0.4, 0.5) is 5.69 Å². The molecule has 1 aromatic heterocycles. The summed E-state index contributed by atoms with van der Waals surface area (Å²) in [6.45, 7) is 12.5. The Hall–Kier alpha value is -1.55. The molecule has 4 nitrogen and oxygen atoms in total. The van der Waals surface area contributed by atoms with Crippen LogP contribution in [0.1, 0.15) is 40.4 Å². The van der Waals surface area contributed by atoms with Crippen LogP contribution in [0.5, 0.6) is 0 Å². The second kappa shape index (κ2) is 6.06. The summed E-state index contributed by atoms with van der Waals surface area (Å²) >= 11 is 0. The molecule has 1 heterocycles. The molecule has 21 heavy (non-hydrogen) atoms. The highest BCUT2D eigenvalue weighted by atomic mass is 14.9. The highest BCUT2D eigenvalue weighted by molar-refractivity contribution is 5.79. The molecule has 1 unspecified atom stereocenters. The molecule has 0 amide bonds. The standard InChI is InChI=1S/C17H28N4/c1-11(2)12(9-18)10-19-13-6-7-14-15(8-13)21-16(20-14)17(3,4)5/h6-8,11-12,19H,9-10,18H2,1-5H3,(H,20,21). The average molecular weight is 288 g/mol. The predicted octanol–water partition coefficient (Wildman–Crippen LogP) is 3.50. The van der Waals surface area contributed by atoms with E-state index in [2.05, 4.69) is 68.1 Å². The fourth-order valence-electron chi connectivity index (χ4n) is 2.31. The Morgan fingerprint density at radius 2 is 2.00 bits per heavy atom. The third-order valence-electron chi connectivity index (χ3n) is 4.01. The van der Waals surface area contributed by atoms with Crippen LogP contribution in [0, 0.1) is 11.8 Å². The van der Waals surface area contributed by atoms with Crippen molar-refractivity contribution in [2.75, 3.05) is 18.4 Å². The Bertz CT molecular complexity index is 592. The molecule has 0 spiro atoms. The quantitative estimate of drug-likeness (QED) is 0.789. The van der Waals surface area contributed by atoms with Crippen molar-refractivity contribution < 1.29 is 0 Å². The van der Waals surface area contributed by atoms with Gasteiger partial charge in [0.1, 0.15) is 5.82 Å². The highest BCUT2D eigenvalue weighted by Gasteiger charge is 2.18. The number of benzene rings is 1. The van der Waals surface area contributed by atoms with E-state index in [0.717, 1.165) is 29.1 Å². The van der Waals surface area contributed by atoms with Crippen molar-refractivity contribution in [3.05, 3.63) is 24.0 Å². The van der Waals surface area contributed by atoms with E-state index in [1.54, 1.807) is 0 Å². The maximum absolute atomic E-state index is 5.82. The predicted molar refractivity (Wildman–Crippen MR) is 90.7 cm³/mol. The molecule has 0 fully saturated rings. The van der Waals surface area contributed by atoms with Crippen molar-refractivity contribution in [2.24, 2.45) is 17.6 Å². The van der Waals surface area contributed by atoms with E-state index in [1.165, 1.54) is 0 Å². The van der Waals surface area contributed by atoms with Gasteiger partial charge < -0.3 is 16.0 Å². The maximum atomic E-state index is 5.82. The van der Waals surface area contributed by atoms with Crippen molar-refractivity contribution >= 4 is 16.7 Å². The summed E-state index contributed by atoms with van der Waals surface area (Å²) in [5.41, 5.74) is 9.08. The molecular weight excluding hydrogens is 260 g/mol. The average Bonchev–Trinajstić information content (AvgIpc) is 2.82. The van der Waals surface area contributed by atoms with Crippen LogP contribution in [0.2, 0.25) is 0 Å². The summed E-state index contributed by atoms with van der Waals surface area (Å²) in [6.07, 6.45) is 0. The molecule has 0 saturated heterocycles. The molecule has 1 aromatic carbocycles. The first kappa shape index (κ1) is 15.8. The number of aromatic amines is 1. The molecule has 1 atom stereocenters. The Kier molecular flexibility index (Phi) is 4.57. The van der Waals surface area contributed by atoms with Crippen molar-refractivity contribution in [1.82, 2.24) is 9.97 Å². The number of rotatable bonds is 5. The number of hydrogen-bond acceptors (Lipinski definition) is 3. The highest BCUT2D eigenvalue weighted by Crippen LogP contribution is 2.24. The van der Waals surface area contributed by atoms with Gasteiger partial charge in [-0.05, 0) is 36.6 Å². The van der Waals surface area contributed by atoms with Gasteiger partial charge in [0.2, 0.25) is 0 Å². The molecular formula is C17H28N4. The summed E-state index contributed by atoms with van der Waals surface area (Å²) in [7, 11) is 0. The van der Waals surface area contributed by atoms with Gasteiger partial charge in [-0.2, -0.15) is 0 Å². The first-order valence-corrected chi connectivity index (χ1v) is 7.75. The van der Waals surface area contributed by atoms with E-state index in [0.29, 0.717) is 18.4 Å². The number of imidazole rings is 1. The van der Waals surface area contributed by atoms with Gasteiger partial charge in [0.05, 0.1) is 11.0 Å². The van der Waals surface area contributed by atoms with Gasteiger partial charge in [0.25, 0.3) is 0 Å². The number of nitrogens with zero attached hydrogens (tertiary/aromatic N) is 1. The topological polar surface area (TPSA) is 66.7 Å². The number of nitrogens with two attached hydrogens (primary N) is 1. The van der Waals surface area contributed by atoms with Crippen LogP contribution in [0.25, 0.3) is 11.0 Å². The lowest BCUT2D eigenvalue weighted by atomic mass is 9.96. The fraction of sp³-hybridized carbons (Fsp3) is 0.588. The minimum absolute atomic E-state index is 0.0366. The molecule has 2 aromatic rings. The van der Waals surface area contributed by atoms with Gasteiger partial charge in [-0.1, -0.05) is 34.6 Å². The molecule has 4 N–H and O–H groups in total. The second-order valence-corrected chi connectivity index (χ2v) is 7.19. The van der Waals surface area contributed by atoms with Gasteiger partial charge in [0.15, 0.2) is 0 Å². The Morgan fingerprint density at radius 3 is 2.57 bits per heavy atom. The molecule has 0 saturated carbocycles. The monoisotopic (exact) mass is 288 g/mol. The van der Waals surface area contributed by atoms with Crippen LogP contribution < -0.4 is 11.1 Å². The SMILES string of the molecule is CC(C)C(CN)CNc1ccc2nc(C(C)(C)C)[nH]c2c1. The van der Waals surface area contributed by atoms with E-state index in [-0.39, 0.29) is 5.41 Å². The molecule has 116 valence electrons. The summed E-state index contributed by atoms with van der Waals surface area (Å²) < 4.78 is 0. The maximum Gasteiger partial charge on any atom is 0.112 e. The lowest BCUT2D eigenvalue weighted by molar-refractivity contribution is 0.413. The fourth-order valence-corrected chi connectivity index (χ4v) is 2.31. The van der Waals surface area contributed by atoms with Crippen LogP contribution in [0.3, 0.4) is 0 Å². The molecule has 0 radical (unpaired) electrons. The van der Waals surface area contributed by atoms with Crippen LogP contribution in [-0.4, -0.2) is 23.1 Å². The van der Waals surface area contributed by atoms with E-state index in [1.807, 2.05) is 0 Å². The number of aromatic nitrogens is 2. The Morgan fingerprint density at radius 1 is 1.29 bits per heavy atom. The number of hydrogen-bond donors (Lipinski definition) is 3. The van der Waals surface area contributed by atoms with E-state index >= 15 is 0 Å². The summed E-state index contributed by atoms with van der Waals surface area (Å²) in [5, 5.41) is 3.49. The summed E-state index contributed by atoms with van der Waals surface area (Å²) in [6, 6.07) is 6.28. The third-order valence-corrected chi connectivity index (χ3v) is 4.01. The lowest BCUT2D eigenvalue weighted by Crippen LogP contribution is -2.27. The zero-order chi connectivity index (χ0) is 15.6. The smallest absolute Gasteiger partial charge is 0.112 e. The number of fused-ring (bicyclic) bond motifs is 1. The van der Waals surface area contributed by atoms with Crippen LogP contribution >= 0.6 is 0 Å². The largest absolute Gasteiger partial charge is 0.385 e. The summed E-state index contributed by atoms with van der Waals surface area (Å²) in [5.74, 6) is 2.11. The zero-order valence-electron chi connectivity index (χ0n) is 13.8. The van der Waals surface area contributed by atoms with E-state index in [9.17, 15) is 0 Å². The van der Waals surface area contributed by atoms with Gasteiger partial charge >= 0.3 is 0 Å². The minimum Gasteiger partial charge on any atom is -0.385 e. The normalized spacial score (nSPS) is 13.9. The Balaban J connectivity index is 2.15. The van der Waals surface area contributed by atoms with Gasteiger partial charge in [-0.3, -0.25) is 0 Å². The van der Waals surface area contributed by atoms with Crippen LogP contribution in [0.15, 0.2) is 18.2 Å². The third kappa shape index (κ3) is 3.76. The molecule has 4 heteroatoms. The van der Waals surface area contributed by atoms with E-state index in [4.69, 9.17) is 5.73 Å². The molecule has 0 aliphatic carbocycles. The van der Waals surface area contributed by atoms with Gasteiger partial charge in [-0.15, -0.1) is 0 Å². The van der Waals surface area contributed by atoms with E-state index < -0.39 is 0 Å². The first-order valence-electron chi connectivity index (χ1n) is 7.75. The zero-order valence-corrected chi connectivity index (χ0v) is 13.8. The molecule has 0 aliphatic heterocycles. The molecule has 0 bridgehead atoms. The van der Waals surface area contributed by atoms with Gasteiger partial charge in [-0.25, -0.2) is 4.98 Å². The second-order valence-electron chi connectivity index (χ2n) is 7.19. The van der Waals surface area contributed by atoms with Crippen molar-refractivity contribution in [3.8, 4) is 0 Å². The minimum atomic E-state index is 0.0366.